The van der Waals surface area contributed by atoms with E-state index in [4.69, 9.17) is 21.1 Å². The number of carbonyl (C=O) groups is 1. The first-order chi connectivity index (χ1) is 11.1. The third-order valence-electron chi connectivity index (χ3n) is 3.16. The number of halogens is 2. The standard InChI is InChI=1S/C16H12BrClN2O3/c17-12-3-1-10(2-4-12)5-16(21)20-19-8-11-6-14-15(7-13(11)18)23-9-22-14/h1-4,6-8H,5,9H2,(H,20,21)/b19-8+. The highest BCUT2D eigenvalue weighted by molar-refractivity contribution is 9.10. The van der Waals surface area contributed by atoms with Crippen LogP contribution in [-0.2, 0) is 11.2 Å². The van der Waals surface area contributed by atoms with E-state index in [2.05, 4.69) is 26.5 Å². The lowest BCUT2D eigenvalue weighted by atomic mass is 10.1. The zero-order chi connectivity index (χ0) is 16.2. The average molecular weight is 396 g/mol. The molecule has 3 rings (SSSR count). The fraction of sp³-hybridized carbons (Fsp3) is 0.125. The maximum absolute atomic E-state index is 11.8. The van der Waals surface area contributed by atoms with Crippen molar-refractivity contribution in [3.8, 4) is 11.5 Å². The first kappa shape index (κ1) is 15.8. The van der Waals surface area contributed by atoms with Crippen molar-refractivity contribution in [1.82, 2.24) is 5.43 Å². The summed E-state index contributed by atoms with van der Waals surface area (Å²) in [5, 5.41) is 4.40. The number of hydrogen-bond acceptors (Lipinski definition) is 4. The van der Waals surface area contributed by atoms with E-state index in [9.17, 15) is 4.79 Å². The Bertz CT molecular complexity index is 763. The molecule has 0 unspecified atom stereocenters. The molecule has 1 aliphatic heterocycles. The number of hydrazone groups is 1. The molecule has 2 aromatic rings. The minimum Gasteiger partial charge on any atom is -0.454 e. The maximum atomic E-state index is 11.8. The summed E-state index contributed by atoms with van der Waals surface area (Å²) in [7, 11) is 0. The highest BCUT2D eigenvalue weighted by Crippen LogP contribution is 2.36. The summed E-state index contributed by atoms with van der Waals surface area (Å²) in [6.07, 6.45) is 1.73. The second kappa shape index (κ2) is 7.02. The van der Waals surface area contributed by atoms with Crippen molar-refractivity contribution < 1.29 is 14.3 Å². The van der Waals surface area contributed by atoms with E-state index in [1.165, 1.54) is 6.21 Å². The molecule has 1 amide bonds. The van der Waals surface area contributed by atoms with Gasteiger partial charge in [0.05, 0.1) is 17.7 Å². The van der Waals surface area contributed by atoms with Gasteiger partial charge in [-0.1, -0.05) is 39.7 Å². The molecular formula is C16H12BrClN2O3. The highest BCUT2D eigenvalue weighted by atomic mass is 79.9. The minimum atomic E-state index is -0.208. The van der Waals surface area contributed by atoms with E-state index in [1.807, 2.05) is 24.3 Å². The highest BCUT2D eigenvalue weighted by Gasteiger charge is 2.15. The van der Waals surface area contributed by atoms with Crippen molar-refractivity contribution in [3.05, 3.63) is 57.0 Å². The van der Waals surface area contributed by atoms with Crippen molar-refractivity contribution >= 4 is 39.7 Å². The van der Waals surface area contributed by atoms with E-state index in [0.29, 0.717) is 22.1 Å². The minimum absolute atomic E-state index is 0.177. The molecule has 0 fully saturated rings. The summed E-state index contributed by atoms with van der Waals surface area (Å²) in [5.41, 5.74) is 4.02. The largest absolute Gasteiger partial charge is 0.454 e. The molecule has 0 atom stereocenters. The molecule has 2 aromatic carbocycles. The zero-order valence-electron chi connectivity index (χ0n) is 11.9. The predicted octanol–water partition coefficient (Wildman–Crippen LogP) is 3.52. The summed E-state index contributed by atoms with van der Waals surface area (Å²) < 4.78 is 11.5. The molecule has 1 N–H and O–H groups in total. The number of nitrogens with one attached hydrogen (secondary N) is 1. The van der Waals surface area contributed by atoms with Crippen molar-refractivity contribution in [2.24, 2.45) is 5.10 Å². The van der Waals surface area contributed by atoms with Gasteiger partial charge in [-0.15, -0.1) is 0 Å². The molecule has 0 aromatic heterocycles. The summed E-state index contributed by atoms with van der Waals surface area (Å²) in [4.78, 5) is 11.8. The second-order valence-corrected chi connectivity index (χ2v) is 6.15. The quantitative estimate of drug-likeness (QED) is 0.636. The van der Waals surface area contributed by atoms with Crippen LogP contribution in [0.2, 0.25) is 5.02 Å². The van der Waals surface area contributed by atoms with Gasteiger partial charge in [0.1, 0.15) is 0 Å². The van der Waals surface area contributed by atoms with Crippen molar-refractivity contribution in [2.75, 3.05) is 6.79 Å². The summed E-state index contributed by atoms with van der Waals surface area (Å²) in [6.45, 7) is 0.177. The van der Waals surface area contributed by atoms with Crippen molar-refractivity contribution in [3.63, 3.8) is 0 Å². The Morgan fingerprint density at radius 2 is 1.96 bits per heavy atom. The van der Waals surface area contributed by atoms with Gasteiger partial charge in [-0.25, -0.2) is 5.43 Å². The van der Waals surface area contributed by atoms with Crippen LogP contribution in [-0.4, -0.2) is 18.9 Å². The lowest BCUT2D eigenvalue weighted by Gasteiger charge is -2.02. The van der Waals surface area contributed by atoms with Gasteiger partial charge in [-0.3, -0.25) is 4.79 Å². The van der Waals surface area contributed by atoms with Crippen molar-refractivity contribution in [1.29, 1.82) is 0 Å². The van der Waals surface area contributed by atoms with E-state index >= 15 is 0 Å². The number of amides is 1. The third kappa shape index (κ3) is 4.03. The van der Waals surface area contributed by atoms with Gasteiger partial charge in [-0.05, 0) is 23.8 Å². The zero-order valence-corrected chi connectivity index (χ0v) is 14.2. The monoisotopic (exact) mass is 394 g/mol. The Morgan fingerprint density at radius 3 is 2.70 bits per heavy atom. The van der Waals surface area contributed by atoms with E-state index in [0.717, 1.165) is 10.0 Å². The lowest BCUT2D eigenvalue weighted by molar-refractivity contribution is -0.120. The van der Waals surface area contributed by atoms with Gasteiger partial charge in [0.25, 0.3) is 0 Å². The van der Waals surface area contributed by atoms with E-state index < -0.39 is 0 Å². The molecule has 5 nitrogen and oxygen atoms in total. The molecule has 0 saturated carbocycles. The van der Waals surface area contributed by atoms with Crippen LogP contribution in [0.3, 0.4) is 0 Å². The van der Waals surface area contributed by atoms with Gasteiger partial charge >= 0.3 is 0 Å². The first-order valence-electron chi connectivity index (χ1n) is 6.77. The number of nitrogens with zero attached hydrogens (tertiary/aromatic N) is 1. The second-order valence-electron chi connectivity index (χ2n) is 4.82. The number of carbonyl (C=O) groups excluding carboxylic acids is 1. The molecule has 0 bridgehead atoms. The molecule has 7 heteroatoms. The summed E-state index contributed by atoms with van der Waals surface area (Å²) in [5.74, 6) is 1.00. The Hall–Kier alpha value is -2.05. The van der Waals surface area contributed by atoms with Gasteiger partial charge < -0.3 is 9.47 Å². The molecule has 23 heavy (non-hydrogen) atoms. The predicted molar refractivity (Wildman–Crippen MR) is 91.2 cm³/mol. The Labute approximate surface area is 146 Å². The number of hydrogen-bond donors (Lipinski definition) is 1. The molecule has 1 aliphatic rings. The van der Waals surface area contributed by atoms with Gasteiger partial charge in [-0.2, -0.15) is 5.10 Å². The van der Waals surface area contributed by atoms with E-state index in [-0.39, 0.29) is 19.1 Å². The lowest BCUT2D eigenvalue weighted by Crippen LogP contribution is -2.19. The van der Waals surface area contributed by atoms with Crippen LogP contribution in [0.4, 0.5) is 0 Å². The Kier molecular flexibility index (Phi) is 4.83. The molecule has 0 aliphatic carbocycles. The molecular weight excluding hydrogens is 384 g/mol. The normalized spacial score (nSPS) is 12.6. The smallest absolute Gasteiger partial charge is 0.244 e. The number of rotatable bonds is 4. The topological polar surface area (TPSA) is 59.9 Å². The number of benzene rings is 2. The fourth-order valence-electron chi connectivity index (χ4n) is 2.03. The average Bonchev–Trinajstić information content (AvgIpc) is 2.97. The maximum Gasteiger partial charge on any atom is 0.244 e. The molecule has 1 heterocycles. The van der Waals surface area contributed by atoms with Crippen LogP contribution in [0.5, 0.6) is 11.5 Å². The molecule has 118 valence electrons. The van der Waals surface area contributed by atoms with Crippen LogP contribution in [0.15, 0.2) is 46.0 Å². The number of fused-ring (bicyclic) bond motifs is 1. The van der Waals surface area contributed by atoms with Crippen LogP contribution in [0, 0.1) is 0 Å². The van der Waals surface area contributed by atoms with Crippen LogP contribution < -0.4 is 14.9 Å². The fourth-order valence-corrected chi connectivity index (χ4v) is 2.50. The summed E-state index contributed by atoms with van der Waals surface area (Å²) in [6, 6.07) is 10.9. The molecule has 0 spiro atoms. The van der Waals surface area contributed by atoms with Crippen LogP contribution in [0.25, 0.3) is 0 Å². The first-order valence-corrected chi connectivity index (χ1v) is 7.94. The SMILES string of the molecule is O=C(Cc1ccc(Br)cc1)N/N=C/c1cc2c(cc1Cl)OCO2. The third-order valence-corrected chi connectivity index (χ3v) is 4.02. The van der Waals surface area contributed by atoms with E-state index in [1.54, 1.807) is 12.1 Å². The molecule has 0 saturated heterocycles. The van der Waals surface area contributed by atoms with Crippen molar-refractivity contribution in [2.45, 2.75) is 6.42 Å². The van der Waals surface area contributed by atoms with Crippen LogP contribution in [0.1, 0.15) is 11.1 Å². The Morgan fingerprint density at radius 1 is 1.26 bits per heavy atom. The van der Waals surface area contributed by atoms with Gasteiger partial charge in [0.2, 0.25) is 12.7 Å². The molecule has 0 radical (unpaired) electrons. The van der Waals surface area contributed by atoms with Gasteiger partial charge in [0, 0.05) is 16.1 Å². The number of ether oxygens (including phenoxy) is 2. The summed E-state index contributed by atoms with van der Waals surface area (Å²) >= 11 is 9.48. The Balaban J connectivity index is 1.60. The van der Waals surface area contributed by atoms with Crippen LogP contribution >= 0.6 is 27.5 Å². The van der Waals surface area contributed by atoms with Gasteiger partial charge in [0.15, 0.2) is 11.5 Å².